The van der Waals surface area contributed by atoms with E-state index >= 15 is 0 Å². The smallest absolute Gasteiger partial charge is 0.273 e. The predicted molar refractivity (Wildman–Crippen MR) is 112 cm³/mol. The third-order valence-electron chi connectivity index (χ3n) is 7.04. The number of nitrogens with one attached hydrogen (secondary N) is 2. The molecular weight excluding hydrogens is 406 g/mol. The van der Waals surface area contributed by atoms with Gasteiger partial charge in [0.2, 0.25) is 15.9 Å². The zero-order valence-electron chi connectivity index (χ0n) is 17.3. The highest BCUT2D eigenvalue weighted by Gasteiger charge is 2.49. The van der Waals surface area contributed by atoms with Crippen molar-refractivity contribution in [3.05, 3.63) is 39.9 Å². The molecule has 0 heterocycles. The van der Waals surface area contributed by atoms with Gasteiger partial charge in [0.25, 0.3) is 5.69 Å². The molecule has 0 aliphatic heterocycles. The summed E-state index contributed by atoms with van der Waals surface area (Å²) in [6, 6.07) is 5.85. The first-order chi connectivity index (χ1) is 14.0. The maximum absolute atomic E-state index is 13.0. The number of rotatable bonds is 7. The molecule has 0 unspecified atom stereocenters. The Morgan fingerprint density at radius 2 is 1.67 bits per heavy atom. The molecule has 1 amide bonds. The van der Waals surface area contributed by atoms with Crippen LogP contribution < -0.4 is 10.0 Å². The highest BCUT2D eigenvalue weighted by Crippen LogP contribution is 2.53. The van der Waals surface area contributed by atoms with Crippen molar-refractivity contribution in [2.45, 2.75) is 63.3 Å². The zero-order chi connectivity index (χ0) is 21.7. The first-order valence-corrected chi connectivity index (χ1v) is 12.2. The number of sulfonamides is 1. The van der Waals surface area contributed by atoms with Crippen molar-refractivity contribution >= 4 is 21.6 Å². The lowest BCUT2D eigenvalue weighted by Crippen LogP contribution is -2.62. The Balaban J connectivity index is 1.43. The molecule has 4 aliphatic carbocycles. The Labute approximate surface area is 177 Å². The predicted octanol–water partition coefficient (Wildman–Crippen LogP) is 2.73. The van der Waals surface area contributed by atoms with E-state index in [9.17, 15) is 23.3 Å². The monoisotopic (exact) mass is 435 g/mol. The number of benzene rings is 1. The second-order valence-corrected chi connectivity index (χ2v) is 11.5. The van der Waals surface area contributed by atoms with Crippen LogP contribution in [0, 0.1) is 33.8 Å². The molecule has 4 aliphatic rings. The van der Waals surface area contributed by atoms with Gasteiger partial charge in [-0.1, -0.05) is 18.2 Å². The van der Waals surface area contributed by atoms with Gasteiger partial charge >= 0.3 is 0 Å². The van der Waals surface area contributed by atoms with Crippen molar-refractivity contribution in [1.29, 1.82) is 0 Å². The lowest BCUT2D eigenvalue weighted by atomic mass is 9.54. The Hall–Kier alpha value is -2.00. The van der Waals surface area contributed by atoms with E-state index in [4.69, 9.17) is 0 Å². The van der Waals surface area contributed by atoms with Gasteiger partial charge in [0.05, 0.1) is 10.7 Å². The fourth-order valence-electron chi connectivity index (χ4n) is 5.98. The van der Waals surface area contributed by atoms with E-state index in [0.717, 1.165) is 37.5 Å². The van der Waals surface area contributed by atoms with E-state index in [1.54, 1.807) is 6.07 Å². The molecule has 0 radical (unpaired) electrons. The normalized spacial score (nSPS) is 30.3. The molecule has 1 aromatic rings. The van der Waals surface area contributed by atoms with E-state index < -0.39 is 26.2 Å². The maximum Gasteiger partial charge on any atom is 0.273 e. The Kier molecular flexibility index (Phi) is 5.38. The third-order valence-corrected chi connectivity index (χ3v) is 8.55. The van der Waals surface area contributed by atoms with Gasteiger partial charge in [-0.25, -0.2) is 8.42 Å². The topological polar surface area (TPSA) is 118 Å². The molecule has 0 atom stereocenters. The van der Waals surface area contributed by atoms with E-state index in [1.807, 2.05) is 0 Å². The van der Waals surface area contributed by atoms with Crippen LogP contribution in [-0.4, -0.2) is 30.8 Å². The molecular formula is C21H29N3O5S. The largest absolute Gasteiger partial charge is 0.351 e. The number of hydrogen-bond acceptors (Lipinski definition) is 5. The average molecular weight is 436 g/mol. The molecule has 4 bridgehead atoms. The fourth-order valence-corrected chi connectivity index (χ4v) is 7.58. The van der Waals surface area contributed by atoms with Gasteiger partial charge < -0.3 is 5.32 Å². The molecule has 8 nitrogen and oxygen atoms in total. The summed E-state index contributed by atoms with van der Waals surface area (Å²) in [5.41, 5.74) is -1.51. The molecule has 164 valence electrons. The van der Waals surface area contributed by atoms with Crippen LogP contribution in [0.1, 0.15) is 51.5 Å². The number of amides is 1. The molecule has 0 spiro atoms. The molecule has 30 heavy (non-hydrogen) atoms. The first-order valence-electron chi connectivity index (χ1n) is 10.6. The number of carbonyl (C=O) groups excluding carboxylic acids is 1. The summed E-state index contributed by atoms with van der Waals surface area (Å²) >= 11 is 0. The maximum atomic E-state index is 13.0. The molecule has 0 aromatic heterocycles. The zero-order valence-corrected chi connectivity index (χ0v) is 18.2. The second kappa shape index (κ2) is 7.60. The standard InChI is InChI=1S/C21H29N3O5S/c1-21(2,23-30(28,29)12-15-5-3-4-6-18(15)24(26)27)20(25)22-19-16-8-13-7-14(10-16)11-17(19)9-13/h3-6,13-14,16-17,19,23H,7-12H2,1-2H3,(H,22,25). The molecule has 9 heteroatoms. The van der Waals surface area contributed by atoms with Crippen molar-refractivity contribution in [3.8, 4) is 0 Å². The number of hydrogen-bond donors (Lipinski definition) is 2. The van der Waals surface area contributed by atoms with Gasteiger partial charge in [-0.2, -0.15) is 4.72 Å². The van der Waals surface area contributed by atoms with Gasteiger partial charge in [0.15, 0.2) is 0 Å². The Morgan fingerprint density at radius 1 is 1.10 bits per heavy atom. The lowest BCUT2D eigenvalue weighted by molar-refractivity contribution is -0.385. The SMILES string of the molecule is CC(C)(NS(=O)(=O)Cc1ccccc1[N+](=O)[O-])C(=O)NC1C2CC3CC(C2)CC1C3. The van der Waals surface area contributed by atoms with Gasteiger partial charge in [0.1, 0.15) is 5.54 Å². The minimum absolute atomic E-state index is 0.0900. The molecule has 5 rings (SSSR count). The van der Waals surface area contributed by atoms with E-state index in [0.29, 0.717) is 11.8 Å². The van der Waals surface area contributed by atoms with Gasteiger partial charge in [-0.15, -0.1) is 0 Å². The van der Waals surface area contributed by atoms with Crippen molar-refractivity contribution in [2.75, 3.05) is 0 Å². The summed E-state index contributed by atoms with van der Waals surface area (Å²) in [6.45, 7) is 3.07. The summed E-state index contributed by atoms with van der Waals surface area (Å²) < 4.78 is 27.9. The van der Waals surface area contributed by atoms with Crippen LogP contribution >= 0.6 is 0 Å². The Bertz CT molecular complexity index is 931. The number of nitrogens with zero attached hydrogens (tertiary/aromatic N) is 1. The van der Waals surface area contributed by atoms with Gasteiger partial charge in [-0.3, -0.25) is 14.9 Å². The number of para-hydroxylation sites is 1. The minimum atomic E-state index is -3.97. The lowest BCUT2D eigenvalue weighted by Gasteiger charge is -2.54. The quantitative estimate of drug-likeness (QED) is 0.504. The van der Waals surface area contributed by atoms with Gasteiger partial charge in [-0.05, 0) is 69.6 Å². The molecule has 4 saturated carbocycles. The van der Waals surface area contributed by atoms with Crippen molar-refractivity contribution in [3.63, 3.8) is 0 Å². The summed E-state index contributed by atoms with van der Waals surface area (Å²) in [4.78, 5) is 23.6. The van der Waals surface area contributed by atoms with Crippen molar-refractivity contribution < 1.29 is 18.1 Å². The van der Waals surface area contributed by atoms with Crippen LogP contribution in [0.2, 0.25) is 0 Å². The summed E-state index contributed by atoms with van der Waals surface area (Å²) in [7, 11) is -3.97. The van der Waals surface area contributed by atoms with Crippen molar-refractivity contribution in [2.24, 2.45) is 23.7 Å². The highest BCUT2D eigenvalue weighted by atomic mass is 32.2. The van der Waals surface area contributed by atoms with Crippen LogP contribution in [0.5, 0.6) is 0 Å². The second-order valence-electron chi connectivity index (χ2n) is 9.80. The van der Waals surface area contributed by atoms with Crippen LogP contribution in [0.25, 0.3) is 0 Å². The first kappa shape index (κ1) is 21.2. The number of carbonyl (C=O) groups is 1. The van der Waals surface area contributed by atoms with Crippen LogP contribution in [0.4, 0.5) is 5.69 Å². The van der Waals surface area contributed by atoms with Crippen molar-refractivity contribution in [1.82, 2.24) is 10.0 Å². The van der Waals surface area contributed by atoms with E-state index in [-0.39, 0.29) is 23.2 Å². The minimum Gasteiger partial charge on any atom is -0.351 e. The number of nitro groups is 1. The highest BCUT2D eigenvalue weighted by molar-refractivity contribution is 7.88. The summed E-state index contributed by atoms with van der Waals surface area (Å²) in [6.07, 6.45) is 5.94. The van der Waals surface area contributed by atoms with Crippen LogP contribution in [0.15, 0.2) is 24.3 Å². The molecule has 1 aromatic carbocycles. The van der Waals surface area contributed by atoms with E-state index in [2.05, 4.69) is 10.0 Å². The third kappa shape index (κ3) is 4.23. The van der Waals surface area contributed by atoms with Gasteiger partial charge in [0, 0.05) is 17.7 Å². The fraction of sp³-hybridized carbons (Fsp3) is 0.667. The average Bonchev–Trinajstić information content (AvgIpc) is 2.62. The Morgan fingerprint density at radius 3 is 2.23 bits per heavy atom. The van der Waals surface area contributed by atoms with E-state index in [1.165, 1.54) is 38.5 Å². The molecule has 2 N–H and O–H groups in total. The summed E-state index contributed by atoms with van der Waals surface area (Å²) in [5.74, 6) is 1.65. The molecule has 0 saturated heterocycles. The van der Waals surface area contributed by atoms with Crippen LogP contribution in [-0.2, 0) is 20.6 Å². The number of nitro benzene ring substituents is 1. The molecule has 4 fully saturated rings. The summed E-state index contributed by atoms with van der Waals surface area (Å²) in [5, 5.41) is 14.3. The van der Waals surface area contributed by atoms with Crippen LogP contribution in [0.3, 0.4) is 0 Å².